The fourth-order valence-electron chi connectivity index (χ4n) is 2.33. The molecule has 1 aliphatic carbocycles. The number of fused-ring (bicyclic) bond motifs is 1. The van der Waals surface area contributed by atoms with Crippen molar-refractivity contribution in [2.24, 2.45) is 5.73 Å². The van der Waals surface area contributed by atoms with Crippen LogP contribution in [0.15, 0.2) is 18.2 Å². The molecular weight excluding hydrogens is 262 g/mol. The first-order valence-electron chi connectivity index (χ1n) is 6.73. The van der Waals surface area contributed by atoms with Crippen molar-refractivity contribution in [3.8, 4) is 5.75 Å². The van der Waals surface area contributed by atoms with Crippen LogP contribution in [0.1, 0.15) is 36.9 Å². The van der Waals surface area contributed by atoms with Gasteiger partial charge in [-0.05, 0) is 42.5 Å². The Balaban J connectivity index is 2.00. The molecule has 2 N–H and O–H groups in total. The second kappa shape index (κ2) is 5.92. The molecule has 0 saturated heterocycles. The molecule has 0 heterocycles. The zero-order valence-corrected chi connectivity index (χ0v) is 12.1. The van der Waals surface area contributed by atoms with Crippen LogP contribution in [-0.2, 0) is 16.3 Å². The number of hydrogen-bond donors (Lipinski definition) is 1. The Bertz CT molecular complexity index is 540. The molecule has 0 spiro atoms. The fraction of sp³-hybridized carbons (Fsp3) is 0.571. The number of hydrogen-bond acceptors (Lipinski definition) is 4. The van der Waals surface area contributed by atoms with Crippen LogP contribution >= 0.6 is 0 Å². The highest BCUT2D eigenvalue weighted by Gasteiger charge is 2.17. The molecule has 106 valence electrons. The van der Waals surface area contributed by atoms with Crippen molar-refractivity contribution >= 4 is 9.84 Å². The molecule has 0 saturated carbocycles. The number of benzene rings is 1. The minimum Gasteiger partial charge on any atom is -0.493 e. The lowest BCUT2D eigenvalue weighted by atomic mass is 9.88. The molecule has 0 fully saturated rings. The smallest absolute Gasteiger partial charge is 0.153 e. The van der Waals surface area contributed by atoms with Gasteiger partial charge < -0.3 is 10.5 Å². The minimum absolute atomic E-state index is 0.0621. The van der Waals surface area contributed by atoms with E-state index in [2.05, 4.69) is 0 Å². The predicted octanol–water partition coefficient (Wildman–Crippen LogP) is 1.84. The summed E-state index contributed by atoms with van der Waals surface area (Å²) in [6, 6.07) is 5.97. The van der Waals surface area contributed by atoms with Crippen LogP contribution in [0.3, 0.4) is 0 Å². The van der Waals surface area contributed by atoms with Crippen LogP contribution in [0, 0.1) is 0 Å². The second-order valence-corrected chi connectivity index (χ2v) is 7.42. The minimum atomic E-state index is -2.97. The molecule has 0 bridgehead atoms. The van der Waals surface area contributed by atoms with Crippen molar-refractivity contribution in [1.82, 2.24) is 0 Å². The number of nitrogens with two attached hydrogens (primary N) is 1. The Morgan fingerprint density at radius 1 is 1.42 bits per heavy atom. The number of sulfone groups is 1. The Kier molecular flexibility index (Phi) is 4.47. The molecule has 0 aromatic heterocycles. The predicted molar refractivity (Wildman–Crippen MR) is 76.1 cm³/mol. The van der Waals surface area contributed by atoms with Gasteiger partial charge in [-0.1, -0.05) is 13.0 Å². The van der Waals surface area contributed by atoms with E-state index < -0.39 is 9.84 Å². The lowest BCUT2D eigenvalue weighted by molar-refractivity contribution is 0.339. The summed E-state index contributed by atoms with van der Waals surface area (Å²) < 4.78 is 28.3. The van der Waals surface area contributed by atoms with E-state index in [9.17, 15) is 8.42 Å². The van der Waals surface area contributed by atoms with Crippen molar-refractivity contribution in [1.29, 1.82) is 0 Å². The van der Waals surface area contributed by atoms with Gasteiger partial charge in [0.15, 0.2) is 9.84 Å². The number of rotatable bonds is 5. The number of ether oxygens (including phenoxy) is 1. The molecule has 5 heteroatoms. The monoisotopic (exact) mass is 283 g/mol. The summed E-state index contributed by atoms with van der Waals surface area (Å²) in [6.07, 6.45) is 3.19. The van der Waals surface area contributed by atoms with Gasteiger partial charge in [0, 0.05) is 11.8 Å². The van der Waals surface area contributed by atoms with Crippen molar-refractivity contribution in [3.05, 3.63) is 29.3 Å². The molecule has 0 aliphatic heterocycles. The summed E-state index contributed by atoms with van der Waals surface area (Å²) in [5.41, 5.74) is 8.51. The van der Waals surface area contributed by atoms with Crippen molar-refractivity contribution < 1.29 is 13.2 Å². The summed E-state index contributed by atoms with van der Waals surface area (Å²) >= 11 is 0. The highest BCUT2D eigenvalue weighted by molar-refractivity contribution is 7.91. The van der Waals surface area contributed by atoms with Crippen LogP contribution in [0.25, 0.3) is 0 Å². The van der Waals surface area contributed by atoms with E-state index in [4.69, 9.17) is 10.5 Å². The maximum atomic E-state index is 11.4. The molecule has 0 radical (unpaired) electrons. The third-order valence-electron chi connectivity index (χ3n) is 3.58. The van der Waals surface area contributed by atoms with E-state index >= 15 is 0 Å². The van der Waals surface area contributed by atoms with Crippen LogP contribution in [-0.4, -0.2) is 26.5 Å². The van der Waals surface area contributed by atoms with E-state index in [1.165, 1.54) is 5.56 Å². The molecule has 1 aromatic carbocycles. The Morgan fingerprint density at radius 3 is 2.95 bits per heavy atom. The molecule has 0 amide bonds. The van der Waals surface area contributed by atoms with Gasteiger partial charge in [-0.25, -0.2) is 8.42 Å². The highest BCUT2D eigenvalue weighted by Crippen LogP contribution is 2.30. The topological polar surface area (TPSA) is 69.4 Å². The first-order chi connectivity index (χ1) is 9.02. The largest absolute Gasteiger partial charge is 0.493 e. The molecule has 1 aliphatic rings. The average Bonchev–Trinajstić information content (AvgIpc) is 2.39. The highest BCUT2D eigenvalue weighted by atomic mass is 32.2. The van der Waals surface area contributed by atoms with Gasteiger partial charge in [-0.3, -0.25) is 0 Å². The lowest BCUT2D eigenvalue weighted by Gasteiger charge is -2.22. The van der Waals surface area contributed by atoms with Crippen LogP contribution in [0.5, 0.6) is 5.75 Å². The van der Waals surface area contributed by atoms with Gasteiger partial charge in [0.1, 0.15) is 12.4 Å². The van der Waals surface area contributed by atoms with Gasteiger partial charge in [0.05, 0.1) is 5.75 Å². The summed E-state index contributed by atoms with van der Waals surface area (Å²) in [7, 11) is -2.97. The molecule has 1 aromatic rings. The summed E-state index contributed by atoms with van der Waals surface area (Å²) in [4.78, 5) is 0. The van der Waals surface area contributed by atoms with Gasteiger partial charge in [-0.15, -0.1) is 0 Å². The summed E-state index contributed by atoms with van der Waals surface area (Å²) in [5.74, 6) is 0.931. The van der Waals surface area contributed by atoms with Crippen molar-refractivity contribution in [2.45, 2.75) is 32.2 Å². The first kappa shape index (κ1) is 14.3. The van der Waals surface area contributed by atoms with Crippen LogP contribution in [0.4, 0.5) is 0 Å². The Labute approximate surface area is 114 Å². The summed E-state index contributed by atoms with van der Waals surface area (Å²) in [6.45, 7) is 1.84. The Morgan fingerprint density at radius 2 is 2.21 bits per heavy atom. The third-order valence-corrected chi connectivity index (χ3v) is 5.25. The zero-order valence-electron chi connectivity index (χ0n) is 11.3. The van der Waals surface area contributed by atoms with Gasteiger partial charge >= 0.3 is 0 Å². The van der Waals surface area contributed by atoms with Crippen LogP contribution < -0.4 is 10.5 Å². The maximum Gasteiger partial charge on any atom is 0.153 e. The molecule has 4 nitrogen and oxygen atoms in total. The maximum absolute atomic E-state index is 11.4. The van der Waals surface area contributed by atoms with Crippen molar-refractivity contribution in [2.75, 3.05) is 18.1 Å². The van der Waals surface area contributed by atoms with E-state index in [-0.39, 0.29) is 24.2 Å². The standard InChI is InChI=1S/C14H21NO3S/c1-2-19(16,17)9-8-18-12-7-6-11-4-3-5-14(15)13(11)10-12/h6-7,10,14H,2-5,8-9,15H2,1H3. The zero-order chi connectivity index (χ0) is 13.9. The Hall–Kier alpha value is -1.07. The van der Waals surface area contributed by atoms with E-state index in [1.807, 2.05) is 18.2 Å². The third kappa shape index (κ3) is 3.70. The van der Waals surface area contributed by atoms with E-state index in [0.29, 0.717) is 5.75 Å². The molecular formula is C14H21NO3S. The number of aryl methyl sites for hydroxylation is 1. The van der Waals surface area contributed by atoms with E-state index in [1.54, 1.807) is 6.92 Å². The molecule has 1 unspecified atom stereocenters. The van der Waals surface area contributed by atoms with Crippen molar-refractivity contribution in [3.63, 3.8) is 0 Å². The average molecular weight is 283 g/mol. The normalized spacial score (nSPS) is 18.9. The SMILES string of the molecule is CCS(=O)(=O)CCOc1ccc2c(c1)C(N)CCC2. The quantitative estimate of drug-likeness (QED) is 0.895. The fourth-order valence-corrected chi connectivity index (χ4v) is 2.96. The summed E-state index contributed by atoms with van der Waals surface area (Å²) in [5, 5.41) is 0. The molecule has 19 heavy (non-hydrogen) atoms. The second-order valence-electron chi connectivity index (χ2n) is 4.94. The van der Waals surface area contributed by atoms with Gasteiger partial charge in [0.2, 0.25) is 0 Å². The molecule has 1 atom stereocenters. The first-order valence-corrected chi connectivity index (χ1v) is 8.55. The molecule has 2 rings (SSSR count). The lowest BCUT2D eigenvalue weighted by Crippen LogP contribution is -2.18. The van der Waals surface area contributed by atoms with Crippen LogP contribution in [0.2, 0.25) is 0 Å². The van der Waals surface area contributed by atoms with Gasteiger partial charge in [-0.2, -0.15) is 0 Å². The van der Waals surface area contributed by atoms with Gasteiger partial charge in [0.25, 0.3) is 0 Å². The van der Waals surface area contributed by atoms with E-state index in [0.717, 1.165) is 24.8 Å².